The van der Waals surface area contributed by atoms with E-state index in [4.69, 9.17) is 9.47 Å². The van der Waals surface area contributed by atoms with Crippen molar-refractivity contribution >= 4 is 39.1 Å². The van der Waals surface area contributed by atoms with Gasteiger partial charge in [-0.15, -0.1) is 23.1 Å². The Morgan fingerprint density at radius 2 is 2.07 bits per heavy atom. The summed E-state index contributed by atoms with van der Waals surface area (Å²) in [5.74, 6) is 0.947. The Morgan fingerprint density at radius 3 is 2.85 bits per heavy atom. The summed E-state index contributed by atoms with van der Waals surface area (Å²) < 4.78 is 11.9. The molecule has 7 nitrogen and oxygen atoms in total. The Morgan fingerprint density at radius 1 is 1.30 bits per heavy atom. The van der Waals surface area contributed by atoms with Crippen molar-refractivity contribution in [3.8, 4) is 23.3 Å². The molecule has 136 valence electrons. The van der Waals surface area contributed by atoms with Crippen LogP contribution in [0.15, 0.2) is 33.3 Å². The maximum Gasteiger partial charge on any atom is 0.252 e. The second-order valence-electron chi connectivity index (χ2n) is 5.67. The lowest BCUT2D eigenvalue weighted by atomic mass is 10.1. The third-order valence-corrected chi connectivity index (χ3v) is 6.42. The predicted octanol–water partition coefficient (Wildman–Crippen LogP) is 2.91. The lowest BCUT2D eigenvalue weighted by Crippen LogP contribution is -2.16. The fourth-order valence-electron chi connectivity index (χ4n) is 2.69. The van der Waals surface area contributed by atoms with Gasteiger partial charge in [0.1, 0.15) is 30.6 Å². The zero-order valence-corrected chi connectivity index (χ0v) is 15.4. The summed E-state index contributed by atoms with van der Waals surface area (Å²) in [6.45, 7) is 0.919. The van der Waals surface area contributed by atoms with Gasteiger partial charge in [0.15, 0.2) is 17.3 Å². The Kier molecular flexibility index (Phi) is 4.51. The maximum absolute atomic E-state index is 12.5. The van der Waals surface area contributed by atoms with Gasteiger partial charge < -0.3 is 19.6 Å². The summed E-state index contributed by atoms with van der Waals surface area (Å²) in [5.41, 5.74) is 0.547. The van der Waals surface area contributed by atoms with Crippen LogP contribution in [0.4, 0.5) is 0 Å². The quantitative estimate of drug-likeness (QED) is 0.511. The molecule has 3 aromatic rings. The van der Waals surface area contributed by atoms with Crippen molar-refractivity contribution in [2.45, 2.75) is 4.21 Å². The Balaban J connectivity index is 1.58. The molecule has 1 aliphatic rings. The number of aromatic hydroxyl groups is 1. The second-order valence-corrected chi connectivity index (χ2v) is 7.93. The summed E-state index contributed by atoms with van der Waals surface area (Å²) >= 11 is 2.36. The van der Waals surface area contributed by atoms with Crippen LogP contribution in [0.3, 0.4) is 0 Å². The van der Waals surface area contributed by atoms with Gasteiger partial charge in [-0.1, -0.05) is 0 Å². The van der Waals surface area contributed by atoms with Crippen molar-refractivity contribution in [1.29, 1.82) is 5.26 Å². The number of Topliss-reactive ketones (excluding diaryl/α,β-unsaturated/α-hetero) is 1. The number of ketones is 1. The molecule has 0 spiro atoms. The molecule has 9 heteroatoms. The number of aromatic nitrogens is 1. The van der Waals surface area contributed by atoms with Gasteiger partial charge in [0.05, 0.1) is 20.2 Å². The van der Waals surface area contributed by atoms with Crippen LogP contribution in [-0.2, 0) is 0 Å². The van der Waals surface area contributed by atoms with Gasteiger partial charge in [-0.05, 0) is 18.2 Å². The number of hydrogen-bond acceptors (Lipinski definition) is 8. The molecule has 0 atom stereocenters. The van der Waals surface area contributed by atoms with Crippen LogP contribution in [0.25, 0.3) is 10.2 Å². The van der Waals surface area contributed by atoms with Crippen LogP contribution in [0.1, 0.15) is 15.9 Å². The number of nitriles is 1. The van der Waals surface area contributed by atoms with Crippen molar-refractivity contribution in [3.05, 3.63) is 45.7 Å². The van der Waals surface area contributed by atoms with Crippen molar-refractivity contribution in [3.63, 3.8) is 0 Å². The first-order valence-electron chi connectivity index (χ1n) is 7.91. The summed E-state index contributed by atoms with van der Waals surface area (Å²) in [7, 11) is 0. The number of carbonyl (C=O) groups is 1. The summed E-state index contributed by atoms with van der Waals surface area (Å²) in [6, 6.07) is 8.13. The molecule has 4 rings (SSSR count). The molecule has 0 unspecified atom stereocenters. The minimum atomic E-state index is -0.488. The van der Waals surface area contributed by atoms with E-state index in [1.807, 2.05) is 6.07 Å². The summed E-state index contributed by atoms with van der Waals surface area (Å²) in [5, 5.41) is 19.4. The molecule has 0 bridgehead atoms. The van der Waals surface area contributed by atoms with E-state index < -0.39 is 5.56 Å². The molecule has 1 aliphatic heterocycles. The number of carbonyl (C=O) groups excluding carboxylic acids is 1. The van der Waals surface area contributed by atoms with Crippen molar-refractivity contribution in [2.75, 3.05) is 19.0 Å². The molecule has 2 N–H and O–H groups in total. The third-order valence-electron chi connectivity index (χ3n) is 3.93. The highest BCUT2D eigenvalue weighted by molar-refractivity contribution is 8.02. The lowest BCUT2D eigenvalue weighted by molar-refractivity contribution is 0.102. The Hall–Kier alpha value is -2.96. The summed E-state index contributed by atoms with van der Waals surface area (Å²) in [4.78, 5) is 26.7. The number of benzene rings is 1. The molecular weight excluding hydrogens is 388 g/mol. The monoisotopic (exact) mass is 400 g/mol. The summed E-state index contributed by atoms with van der Waals surface area (Å²) in [6.07, 6.45) is 0. The molecule has 1 aromatic carbocycles. The lowest BCUT2D eigenvalue weighted by Gasteiger charge is -2.18. The van der Waals surface area contributed by atoms with Crippen molar-refractivity contribution < 1.29 is 19.4 Å². The van der Waals surface area contributed by atoms with Gasteiger partial charge >= 0.3 is 0 Å². The van der Waals surface area contributed by atoms with E-state index in [0.29, 0.717) is 44.7 Å². The average Bonchev–Trinajstić information content (AvgIpc) is 3.03. The molecule has 3 heterocycles. The average molecular weight is 400 g/mol. The molecule has 0 saturated carbocycles. The van der Waals surface area contributed by atoms with E-state index >= 15 is 0 Å². The smallest absolute Gasteiger partial charge is 0.252 e. The van der Waals surface area contributed by atoms with E-state index in [1.54, 1.807) is 18.2 Å². The number of aromatic amines is 1. The number of thiophene rings is 1. The first kappa shape index (κ1) is 17.5. The molecule has 0 amide bonds. The molecule has 0 saturated heterocycles. The fraction of sp³-hybridized carbons (Fsp3) is 0.167. The van der Waals surface area contributed by atoms with Crippen LogP contribution in [0.5, 0.6) is 17.2 Å². The number of rotatable bonds is 4. The number of H-pyrrole nitrogens is 1. The third kappa shape index (κ3) is 3.25. The van der Waals surface area contributed by atoms with Crippen LogP contribution in [0, 0.1) is 11.3 Å². The minimum Gasteiger partial charge on any atom is -0.506 e. The number of nitrogens with zero attached hydrogens (tertiary/aromatic N) is 1. The Bertz CT molecular complexity index is 1160. The van der Waals surface area contributed by atoms with Crippen molar-refractivity contribution in [2.24, 2.45) is 0 Å². The fourth-order valence-corrected chi connectivity index (χ4v) is 4.93. The number of thioether (sulfide) groups is 1. The number of hydrogen-bond donors (Lipinski definition) is 2. The van der Waals surface area contributed by atoms with E-state index in [-0.39, 0.29) is 22.8 Å². The second kappa shape index (κ2) is 6.98. The first-order chi connectivity index (χ1) is 13.1. The van der Waals surface area contributed by atoms with E-state index in [2.05, 4.69) is 4.98 Å². The van der Waals surface area contributed by atoms with Gasteiger partial charge in [0.25, 0.3) is 5.56 Å². The molecule has 0 radical (unpaired) electrons. The van der Waals surface area contributed by atoms with Crippen LogP contribution in [-0.4, -0.2) is 34.8 Å². The molecule has 27 heavy (non-hydrogen) atoms. The molecule has 0 fully saturated rings. The number of fused-ring (bicyclic) bond motifs is 2. The van der Waals surface area contributed by atoms with Gasteiger partial charge in [-0.2, -0.15) is 5.26 Å². The zero-order chi connectivity index (χ0) is 19.0. The largest absolute Gasteiger partial charge is 0.506 e. The van der Waals surface area contributed by atoms with Gasteiger partial charge in [-0.3, -0.25) is 9.59 Å². The highest BCUT2D eigenvalue weighted by atomic mass is 32.2. The first-order valence-corrected chi connectivity index (χ1v) is 9.71. The van der Waals surface area contributed by atoms with E-state index in [1.165, 1.54) is 23.1 Å². The molecule has 0 aliphatic carbocycles. The Labute approximate surface area is 161 Å². The molecular formula is C18H12N2O5S2. The number of pyridine rings is 1. The maximum atomic E-state index is 12.5. The topological polar surface area (TPSA) is 112 Å². The van der Waals surface area contributed by atoms with E-state index in [9.17, 15) is 20.0 Å². The predicted molar refractivity (Wildman–Crippen MR) is 101 cm³/mol. The minimum absolute atomic E-state index is 0.103. The van der Waals surface area contributed by atoms with Crippen LogP contribution >= 0.6 is 23.1 Å². The van der Waals surface area contributed by atoms with Crippen molar-refractivity contribution in [1.82, 2.24) is 4.98 Å². The van der Waals surface area contributed by atoms with Crippen LogP contribution < -0.4 is 15.0 Å². The standard InChI is InChI=1S/C18H12N2O5S2/c19-7-10-16-17(11(21)6-15(23)20-16)27-18(10)26-8-12(22)9-1-2-13-14(5-9)25-4-3-24-13/h1-2,5-6H,3-4,8H2,(H2,20,21,23). The highest BCUT2D eigenvalue weighted by Crippen LogP contribution is 2.40. The van der Waals surface area contributed by atoms with E-state index in [0.717, 1.165) is 6.07 Å². The van der Waals surface area contributed by atoms with Crippen LogP contribution in [0.2, 0.25) is 0 Å². The zero-order valence-electron chi connectivity index (χ0n) is 13.8. The number of nitrogens with one attached hydrogen (secondary N) is 1. The SMILES string of the molecule is N#Cc1c(SCC(=O)c2ccc3c(c2)OCCO3)sc2c(O)cc(=O)[nH]c12. The van der Waals surface area contributed by atoms with Gasteiger partial charge in [0, 0.05) is 11.6 Å². The highest BCUT2D eigenvalue weighted by Gasteiger charge is 2.19. The van der Waals surface area contributed by atoms with Gasteiger partial charge in [0.2, 0.25) is 0 Å². The normalized spacial score (nSPS) is 12.7. The van der Waals surface area contributed by atoms with Gasteiger partial charge in [-0.25, -0.2) is 0 Å². The molecule has 2 aromatic heterocycles. The number of ether oxygens (including phenoxy) is 2.